The van der Waals surface area contributed by atoms with Gasteiger partial charge in [-0.2, -0.15) is 10.5 Å². The Kier molecular flexibility index (Phi) is 3.53. The summed E-state index contributed by atoms with van der Waals surface area (Å²) < 4.78 is 0. The SMILES string of the molecule is N#CCN(CC#N)c1cc2c(cc1N)CCC(=O)N2. The minimum Gasteiger partial charge on any atom is -0.397 e. The molecule has 0 radical (unpaired) electrons. The summed E-state index contributed by atoms with van der Waals surface area (Å²) in [5.74, 6) is -0.0321. The predicted octanol–water partition coefficient (Wildman–Crippen LogP) is 1.01. The van der Waals surface area contributed by atoms with Gasteiger partial charge in [0, 0.05) is 12.1 Å². The number of carbonyl (C=O) groups excluding carboxylic acids is 1. The molecule has 0 spiro atoms. The third kappa shape index (κ3) is 2.58. The Bertz CT molecular complexity index is 580. The Hall–Kier alpha value is -2.73. The van der Waals surface area contributed by atoms with Crippen molar-refractivity contribution in [1.82, 2.24) is 0 Å². The van der Waals surface area contributed by atoms with E-state index in [-0.39, 0.29) is 19.0 Å². The Morgan fingerprint density at radius 1 is 1.26 bits per heavy atom. The predicted molar refractivity (Wildman–Crippen MR) is 71.2 cm³/mol. The van der Waals surface area contributed by atoms with Crippen LogP contribution in [-0.4, -0.2) is 19.0 Å². The normalized spacial score (nSPS) is 12.8. The number of hydrogen-bond donors (Lipinski definition) is 2. The molecule has 6 nitrogen and oxygen atoms in total. The number of rotatable bonds is 3. The maximum Gasteiger partial charge on any atom is 0.224 e. The van der Waals surface area contributed by atoms with Gasteiger partial charge in [0.1, 0.15) is 13.1 Å². The van der Waals surface area contributed by atoms with Crippen molar-refractivity contribution in [2.45, 2.75) is 12.8 Å². The van der Waals surface area contributed by atoms with E-state index in [1.807, 2.05) is 12.1 Å². The standard InChI is InChI=1S/C13H13N5O/c14-3-5-18(6-4-15)12-8-11-9(7-10(12)16)1-2-13(19)17-11/h7-8H,1-2,5-6,16H2,(H,17,19). The molecule has 3 N–H and O–H groups in total. The molecule has 0 fully saturated rings. The number of nitrogens with one attached hydrogen (secondary N) is 1. The van der Waals surface area contributed by atoms with Gasteiger partial charge in [-0.3, -0.25) is 4.79 Å². The lowest BCUT2D eigenvalue weighted by atomic mass is 10.0. The topological polar surface area (TPSA) is 106 Å². The van der Waals surface area contributed by atoms with Gasteiger partial charge in [0.25, 0.3) is 0 Å². The average Bonchev–Trinajstić information content (AvgIpc) is 2.38. The summed E-state index contributed by atoms with van der Waals surface area (Å²) in [4.78, 5) is 13.0. The number of carbonyl (C=O) groups is 1. The lowest BCUT2D eigenvalue weighted by molar-refractivity contribution is -0.116. The molecule has 6 heteroatoms. The number of anilines is 3. The molecule has 0 bridgehead atoms. The van der Waals surface area contributed by atoms with Crippen molar-refractivity contribution in [3.05, 3.63) is 17.7 Å². The minimum absolute atomic E-state index is 0.0321. The summed E-state index contributed by atoms with van der Waals surface area (Å²) in [5, 5.41) is 20.3. The number of hydrogen-bond acceptors (Lipinski definition) is 5. The second kappa shape index (κ2) is 5.28. The fourth-order valence-corrected chi connectivity index (χ4v) is 2.11. The molecule has 19 heavy (non-hydrogen) atoms. The second-order valence-electron chi connectivity index (χ2n) is 4.29. The maximum atomic E-state index is 11.4. The first-order valence-electron chi connectivity index (χ1n) is 5.86. The van der Waals surface area contributed by atoms with Crippen LogP contribution >= 0.6 is 0 Å². The van der Waals surface area contributed by atoms with Gasteiger partial charge in [-0.1, -0.05) is 0 Å². The van der Waals surface area contributed by atoms with E-state index in [9.17, 15) is 4.79 Å². The molecule has 0 aromatic heterocycles. The van der Waals surface area contributed by atoms with Gasteiger partial charge in [-0.05, 0) is 24.1 Å². The van der Waals surface area contributed by atoms with E-state index in [2.05, 4.69) is 5.32 Å². The molecule has 1 aliphatic heterocycles. The van der Waals surface area contributed by atoms with Crippen molar-refractivity contribution < 1.29 is 4.79 Å². The third-order valence-electron chi connectivity index (χ3n) is 3.01. The number of aryl methyl sites for hydroxylation is 1. The molecular weight excluding hydrogens is 242 g/mol. The van der Waals surface area contributed by atoms with Gasteiger partial charge in [0.2, 0.25) is 5.91 Å². The van der Waals surface area contributed by atoms with Crippen LogP contribution in [-0.2, 0) is 11.2 Å². The van der Waals surface area contributed by atoms with Crippen molar-refractivity contribution in [1.29, 1.82) is 10.5 Å². The average molecular weight is 255 g/mol. The van der Waals surface area contributed by atoms with Crippen LogP contribution in [0, 0.1) is 22.7 Å². The van der Waals surface area contributed by atoms with Crippen molar-refractivity contribution in [3.8, 4) is 12.1 Å². The van der Waals surface area contributed by atoms with E-state index in [1.54, 1.807) is 17.0 Å². The number of nitriles is 2. The zero-order valence-corrected chi connectivity index (χ0v) is 10.3. The maximum absolute atomic E-state index is 11.4. The number of nitrogens with two attached hydrogens (primary N) is 1. The van der Waals surface area contributed by atoms with E-state index in [4.69, 9.17) is 16.3 Å². The molecule has 1 aromatic carbocycles. The van der Waals surface area contributed by atoms with Gasteiger partial charge >= 0.3 is 0 Å². The third-order valence-corrected chi connectivity index (χ3v) is 3.01. The first-order chi connectivity index (χ1) is 9.15. The van der Waals surface area contributed by atoms with E-state index in [1.165, 1.54) is 0 Å². The Labute approximate surface area is 111 Å². The summed E-state index contributed by atoms with van der Waals surface area (Å²) in [6.07, 6.45) is 1.11. The van der Waals surface area contributed by atoms with Gasteiger partial charge in [-0.25, -0.2) is 0 Å². The zero-order valence-electron chi connectivity index (χ0n) is 10.3. The number of nitrogens with zero attached hydrogens (tertiary/aromatic N) is 3. The van der Waals surface area contributed by atoms with Crippen LogP contribution in [0.4, 0.5) is 17.1 Å². The summed E-state index contributed by atoms with van der Waals surface area (Å²) in [6, 6.07) is 7.53. The largest absolute Gasteiger partial charge is 0.397 e. The van der Waals surface area contributed by atoms with Gasteiger partial charge in [-0.15, -0.1) is 0 Å². The number of fused-ring (bicyclic) bond motifs is 1. The monoisotopic (exact) mass is 255 g/mol. The summed E-state index contributed by atoms with van der Waals surface area (Å²) >= 11 is 0. The van der Waals surface area contributed by atoms with Crippen molar-refractivity contribution in [2.24, 2.45) is 0 Å². The van der Waals surface area contributed by atoms with Gasteiger partial charge in [0.15, 0.2) is 0 Å². The van der Waals surface area contributed by atoms with Crippen LogP contribution in [0.15, 0.2) is 12.1 Å². The molecular formula is C13H13N5O. The summed E-state index contributed by atoms with van der Waals surface area (Å²) in [6.45, 7) is 0.148. The molecule has 1 amide bonds. The highest BCUT2D eigenvalue weighted by Gasteiger charge is 2.18. The van der Waals surface area contributed by atoms with Crippen LogP contribution in [0.1, 0.15) is 12.0 Å². The highest BCUT2D eigenvalue weighted by molar-refractivity contribution is 5.95. The molecule has 0 saturated carbocycles. The molecule has 1 aliphatic rings. The lowest BCUT2D eigenvalue weighted by Crippen LogP contribution is -2.26. The Morgan fingerprint density at radius 3 is 2.58 bits per heavy atom. The van der Waals surface area contributed by atoms with Crippen molar-refractivity contribution >= 4 is 23.0 Å². The number of benzene rings is 1. The molecule has 0 unspecified atom stereocenters. The lowest BCUT2D eigenvalue weighted by Gasteiger charge is -2.24. The molecule has 0 atom stereocenters. The molecule has 1 aromatic rings. The highest BCUT2D eigenvalue weighted by atomic mass is 16.1. The van der Waals surface area contributed by atoms with Crippen LogP contribution in [0.2, 0.25) is 0 Å². The summed E-state index contributed by atoms with van der Waals surface area (Å²) in [5.41, 5.74) is 8.77. The first kappa shape index (κ1) is 12.7. The second-order valence-corrected chi connectivity index (χ2v) is 4.29. The van der Waals surface area contributed by atoms with Gasteiger partial charge in [0.05, 0.1) is 23.5 Å². The smallest absolute Gasteiger partial charge is 0.224 e. The fraction of sp³-hybridized carbons (Fsp3) is 0.308. The van der Waals surface area contributed by atoms with E-state index < -0.39 is 0 Å². The Balaban J connectivity index is 2.41. The van der Waals surface area contributed by atoms with Crippen molar-refractivity contribution in [3.63, 3.8) is 0 Å². The first-order valence-corrected chi connectivity index (χ1v) is 5.86. The number of nitrogen functional groups attached to an aromatic ring is 1. The molecule has 0 aliphatic carbocycles. The van der Waals surface area contributed by atoms with Crippen molar-refractivity contribution in [2.75, 3.05) is 29.0 Å². The highest BCUT2D eigenvalue weighted by Crippen LogP contribution is 2.33. The molecule has 1 heterocycles. The van der Waals surface area contributed by atoms with Gasteiger partial charge < -0.3 is 16.0 Å². The Morgan fingerprint density at radius 2 is 1.95 bits per heavy atom. The van der Waals surface area contributed by atoms with Crippen LogP contribution in [0.3, 0.4) is 0 Å². The molecule has 96 valence electrons. The fourth-order valence-electron chi connectivity index (χ4n) is 2.11. The van der Waals surface area contributed by atoms with E-state index in [0.717, 1.165) is 5.56 Å². The van der Waals surface area contributed by atoms with Crippen LogP contribution < -0.4 is 16.0 Å². The number of amides is 1. The van der Waals surface area contributed by atoms with Crippen LogP contribution in [0.25, 0.3) is 0 Å². The van der Waals surface area contributed by atoms with E-state index >= 15 is 0 Å². The minimum atomic E-state index is -0.0321. The van der Waals surface area contributed by atoms with Crippen LogP contribution in [0.5, 0.6) is 0 Å². The molecule has 0 saturated heterocycles. The quantitative estimate of drug-likeness (QED) is 0.619. The molecule has 2 rings (SSSR count). The van der Waals surface area contributed by atoms with E-state index in [0.29, 0.717) is 29.9 Å². The summed E-state index contributed by atoms with van der Waals surface area (Å²) in [7, 11) is 0. The zero-order chi connectivity index (χ0) is 13.8.